The second-order valence-electron chi connectivity index (χ2n) is 28.4. The molecule has 1 N–H and O–H groups in total. The Morgan fingerprint density at radius 2 is 0.848 bits per heavy atom. The Labute approximate surface area is 642 Å². The summed E-state index contributed by atoms with van der Waals surface area (Å²) in [5, 5.41) is 19.2. The maximum Gasteiger partial charge on any atom is 0.355 e. The van der Waals surface area contributed by atoms with E-state index in [0.29, 0.717) is 69.5 Å². The first kappa shape index (κ1) is 73.8. The van der Waals surface area contributed by atoms with Gasteiger partial charge in [0.25, 0.3) is 0 Å². The zero-order chi connectivity index (χ0) is 78.2. The average molecular weight is 1500 g/mol. The van der Waals surface area contributed by atoms with E-state index in [1.807, 2.05) is 149 Å². The Bertz CT molecular complexity index is 5610. The standard InChI is InChI=1S/C45H38N4O7.C44H36N4O8/c1-25(2)41-38-22-37(43(49(38)44(41)51)45(52)55-24-28-7-11-30(12-8-28)47-48-46)29-9-5-27(6-10-29)23-54-33-15-18-36-40(21-33)56-39-20-31(50)13-16-35(39)42(36)34-17-14-32(53-4)19-26(34)3;1-24-18-31(53-3)13-16-33(24)41-34-15-12-30(50)19-38(34)56-39-20-32(14-17-35(39)41)54-22-26-4-8-28(9-5-26)36-21-37-40(25(2)49)43(51)48(37)42(36)44(52)55-23-27-6-10-29(11-7-27)46-47-45/h5-21,25,38,41H,22-24H2,1-4H3;4-20,25,37,40,49H,21-23H2,1-3H3/t38-,41-;25-,37-,40-/m11/s1. The van der Waals surface area contributed by atoms with Gasteiger partial charge in [0.1, 0.15) is 83.5 Å². The van der Waals surface area contributed by atoms with Crippen LogP contribution in [-0.4, -0.2) is 71.1 Å². The first-order chi connectivity index (χ1) is 54.3. The number of carbonyl (C=O) groups excluding carboxylic acids is 4. The number of rotatable bonds is 22. The van der Waals surface area contributed by atoms with Gasteiger partial charge in [-0.1, -0.05) is 133 Å². The minimum atomic E-state index is -0.863. The molecule has 0 aromatic heterocycles. The SMILES string of the molecule is COc1ccc(-c2c3ccc(=O)cc-3oc3cc(OCc4ccc(C5=C(C(=O)OCc6ccc(N=[N+]=[N-])cc6)N6C(=O)[C@H](C(C)C)[C@H]6C5)cc4)ccc23)c(C)c1.COc1ccc(-c2c3ccc(=O)cc-3oc3cc(OCc4ccc(C5=C(C(=O)OCc6ccc(N=[N+]=[N-])cc6)N6C(=O)[C@H]([C@@H](C)O)[C@H]6C5)cc4)ccc23)c(C)c1. The number of methoxy groups -OCH3 is 2. The highest BCUT2D eigenvalue weighted by Gasteiger charge is 2.58. The summed E-state index contributed by atoms with van der Waals surface area (Å²) in [6.45, 7) is 10.1. The number of azide groups is 2. The highest BCUT2D eigenvalue weighted by molar-refractivity contribution is 6.09. The van der Waals surface area contributed by atoms with Crippen molar-refractivity contribution in [1.82, 2.24) is 9.80 Å². The van der Waals surface area contributed by atoms with Crippen LogP contribution in [0.4, 0.5) is 11.4 Å². The molecule has 23 heteroatoms. The first-order valence-electron chi connectivity index (χ1n) is 36.4. The van der Waals surface area contributed by atoms with Crippen molar-refractivity contribution in [3.63, 3.8) is 0 Å². The molecule has 2 saturated heterocycles. The molecule has 5 atom stereocenters. The Kier molecular flexibility index (Phi) is 20.5. The van der Waals surface area contributed by atoms with E-state index < -0.39 is 24.0 Å². The van der Waals surface area contributed by atoms with E-state index in [-0.39, 0.29) is 84.4 Å². The van der Waals surface area contributed by atoms with Crippen LogP contribution < -0.4 is 29.8 Å². The maximum absolute atomic E-state index is 13.6. The number of hydrogen-bond acceptors (Lipinski definition) is 17. The molecule has 2 aliphatic carbocycles. The van der Waals surface area contributed by atoms with Crippen LogP contribution in [0.25, 0.3) is 98.9 Å². The lowest BCUT2D eigenvalue weighted by Gasteiger charge is -2.45. The fourth-order valence-corrected chi connectivity index (χ4v) is 15.6. The largest absolute Gasteiger partial charge is 0.497 e. The molecule has 8 aromatic carbocycles. The quantitative estimate of drug-likeness (QED) is 0.0165. The van der Waals surface area contributed by atoms with Crippen LogP contribution in [0.3, 0.4) is 0 Å². The number of benzene rings is 10. The summed E-state index contributed by atoms with van der Waals surface area (Å²) in [6.07, 6.45) is 0.0823. The molecule has 112 heavy (non-hydrogen) atoms. The van der Waals surface area contributed by atoms with Gasteiger partial charge in [0.2, 0.25) is 11.8 Å². The molecule has 560 valence electrons. The van der Waals surface area contributed by atoms with Gasteiger partial charge in [-0.2, -0.15) is 0 Å². The van der Waals surface area contributed by atoms with Gasteiger partial charge in [0.15, 0.2) is 10.9 Å². The van der Waals surface area contributed by atoms with E-state index in [4.69, 9.17) is 48.3 Å². The number of ether oxygens (including phenoxy) is 6. The maximum atomic E-state index is 13.6. The van der Waals surface area contributed by atoms with Crippen molar-refractivity contribution in [3.05, 3.63) is 303 Å². The van der Waals surface area contributed by atoms with Crippen LogP contribution in [0, 0.1) is 31.6 Å². The van der Waals surface area contributed by atoms with Crippen molar-refractivity contribution in [1.29, 1.82) is 0 Å². The van der Waals surface area contributed by atoms with Crippen molar-refractivity contribution in [3.8, 4) is 67.9 Å². The monoisotopic (exact) mass is 1490 g/mol. The molecular formula is C89H74N8O15. The van der Waals surface area contributed by atoms with Crippen molar-refractivity contribution < 1.29 is 61.5 Å². The first-order valence-corrected chi connectivity index (χ1v) is 36.4. The molecule has 0 bridgehead atoms. The molecule has 16 rings (SSSR count). The lowest BCUT2D eigenvalue weighted by atomic mass is 9.78. The van der Waals surface area contributed by atoms with E-state index in [2.05, 4.69) is 20.1 Å². The fraction of sp³-hybridized carbons (Fsp3) is 0.213. The van der Waals surface area contributed by atoms with Gasteiger partial charge in [-0.15, -0.1) is 0 Å². The molecule has 6 heterocycles. The highest BCUT2D eigenvalue weighted by atomic mass is 16.5. The van der Waals surface area contributed by atoms with Gasteiger partial charge >= 0.3 is 11.9 Å². The number of aliphatic hydroxyl groups excluding tert-OH is 1. The molecule has 0 radical (unpaired) electrons. The molecule has 8 aromatic rings. The van der Waals surface area contributed by atoms with Crippen molar-refractivity contribution in [2.75, 3.05) is 14.2 Å². The number of esters is 2. The minimum absolute atomic E-state index is 0.00311. The van der Waals surface area contributed by atoms with Gasteiger partial charge < -0.3 is 52.2 Å². The van der Waals surface area contributed by atoms with Crippen molar-refractivity contribution >= 4 is 68.2 Å². The van der Waals surface area contributed by atoms with Crippen LogP contribution in [0.15, 0.2) is 246 Å². The summed E-state index contributed by atoms with van der Waals surface area (Å²) in [6, 6.07) is 61.2. The molecule has 2 amide bonds. The van der Waals surface area contributed by atoms with E-state index in [9.17, 15) is 33.9 Å². The fourth-order valence-electron chi connectivity index (χ4n) is 15.6. The third-order valence-electron chi connectivity index (χ3n) is 21.1. The van der Waals surface area contributed by atoms with E-state index in [1.165, 1.54) is 23.1 Å². The summed E-state index contributed by atoms with van der Waals surface area (Å²) >= 11 is 0. The van der Waals surface area contributed by atoms with Gasteiger partial charge in [-0.3, -0.25) is 19.2 Å². The lowest BCUT2D eigenvalue weighted by molar-refractivity contribution is -0.162. The molecule has 8 aliphatic rings. The van der Waals surface area contributed by atoms with Crippen LogP contribution in [-0.2, 0) is 55.1 Å². The number of aryl methyl sites for hydroxylation is 2. The van der Waals surface area contributed by atoms with E-state index >= 15 is 0 Å². The molecule has 0 spiro atoms. The van der Waals surface area contributed by atoms with Gasteiger partial charge in [0.05, 0.1) is 44.2 Å². The summed E-state index contributed by atoms with van der Waals surface area (Å²) in [7, 11) is 3.27. The van der Waals surface area contributed by atoms with Crippen LogP contribution in [0.2, 0.25) is 0 Å². The number of hydrogen-bond donors (Lipinski definition) is 1. The number of carbonyl (C=O) groups is 4. The predicted octanol–water partition coefficient (Wildman–Crippen LogP) is 18.2. The second kappa shape index (κ2) is 31.1. The lowest BCUT2D eigenvalue weighted by Crippen LogP contribution is -2.61. The summed E-state index contributed by atoms with van der Waals surface area (Å²) in [5.41, 5.74) is 33.3. The molecule has 23 nitrogen and oxygen atoms in total. The molecule has 6 aliphatic heterocycles. The second-order valence-corrected chi connectivity index (χ2v) is 28.4. The third kappa shape index (κ3) is 14.4. The Hall–Kier alpha value is -13.7. The van der Waals surface area contributed by atoms with Crippen LogP contribution in [0.1, 0.15) is 78.1 Å². The van der Waals surface area contributed by atoms with Gasteiger partial charge in [0, 0.05) is 78.5 Å². The van der Waals surface area contributed by atoms with Crippen molar-refractivity contribution in [2.24, 2.45) is 28.0 Å². The Balaban J connectivity index is 0.000000177. The normalized spacial score (nSPS) is 16.4. The number of nitrogens with zero attached hydrogens (tertiary/aromatic N) is 8. The van der Waals surface area contributed by atoms with Crippen molar-refractivity contribution in [2.45, 2.75) is 92.1 Å². The van der Waals surface area contributed by atoms with Gasteiger partial charge in [-0.05, 0) is 190 Å². The molecule has 0 saturated carbocycles. The third-order valence-corrected chi connectivity index (χ3v) is 21.1. The highest BCUT2D eigenvalue weighted by Crippen LogP contribution is 2.51. The van der Waals surface area contributed by atoms with E-state index in [0.717, 1.165) is 100 Å². The molecule has 2 fully saturated rings. The summed E-state index contributed by atoms with van der Waals surface area (Å²) < 4.78 is 47.3. The smallest absolute Gasteiger partial charge is 0.355 e. The zero-order valence-corrected chi connectivity index (χ0v) is 62.1. The average Bonchev–Trinajstić information content (AvgIpc) is 1.56. The summed E-state index contributed by atoms with van der Waals surface area (Å²) in [5.74, 6) is 1.42. The zero-order valence-electron chi connectivity index (χ0n) is 62.1. The topological polar surface area (TPSA) is 308 Å². The number of β-lactam (4-membered cyclic amide) rings is 2. The number of aliphatic hydroxyl groups is 1. The molecular weight excluding hydrogens is 1420 g/mol. The number of fused-ring (bicyclic) bond motifs is 6. The number of amides is 2. The Morgan fingerprint density at radius 1 is 0.473 bits per heavy atom. The summed E-state index contributed by atoms with van der Waals surface area (Å²) in [4.78, 5) is 87.0. The molecule has 0 unspecified atom stereocenters. The van der Waals surface area contributed by atoms with E-state index in [1.54, 1.807) is 92.8 Å². The predicted molar refractivity (Wildman–Crippen MR) is 421 cm³/mol. The minimum Gasteiger partial charge on any atom is -0.497 e. The van der Waals surface area contributed by atoms with Crippen LogP contribution in [0.5, 0.6) is 23.0 Å². The van der Waals surface area contributed by atoms with Gasteiger partial charge in [-0.25, -0.2) is 9.59 Å². The Morgan fingerprint density at radius 3 is 1.23 bits per heavy atom. The van der Waals surface area contributed by atoms with Crippen LogP contribution >= 0.6 is 0 Å².